The number of hydrogen-bond acceptors (Lipinski definition) is 6. The lowest BCUT2D eigenvalue weighted by Gasteiger charge is -2.31. The normalized spacial score (nSPS) is 13.2. The second kappa shape index (κ2) is 33.4. The summed E-state index contributed by atoms with van der Waals surface area (Å²) in [6.07, 6.45) is 0. The van der Waals surface area contributed by atoms with Crippen LogP contribution in [0.15, 0.2) is 492 Å². The summed E-state index contributed by atoms with van der Waals surface area (Å²) < 4.78 is 20.9. The van der Waals surface area contributed by atoms with Crippen molar-refractivity contribution < 1.29 is 13.3 Å². The van der Waals surface area contributed by atoms with Gasteiger partial charge in [0.05, 0.1) is 45.5 Å². The summed E-state index contributed by atoms with van der Waals surface area (Å²) in [7, 11) is 0. The van der Waals surface area contributed by atoms with Crippen LogP contribution in [0.1, 0.15) is 74.9 Å². The molecule has 22 aromatic carbocycles. The zero-order chi connectivity index (χ0) is 94.4. The van der Waals surface area contributed by atoms with Gasteiger partial charge in [0.2, 0.25) is 0 Å². The van der Waals surface area contributed by atoms with E-state index >= 15 is 0 Å². The Morgan fingerprint density at radius 2 is 0.475 bits per heavy atom. The molecule has 0 saturated heterocycles. The number of benzene rings is 22. The average molecular weight is 1810 g/mol. The van der Waals surface area contributed by atoms with E-state index in [1.165, 1.54) is 127 Å². The van der Waals surface area contributed by atoms with E-state index in [-0.39, 0.29) is 16.2 Å². The van der Waals surface area contributed by atoms with Crippen LogP contribution in [0.5, 0.6) is 0 Å². The molecule has 0 radical (unpaired) electrons. The summed E-state index contributed by atoms with van der Waals surface area (Å²) in [5.74, 6) is 0. The molecule has 6 heteroatoms. The molecule has 0 saturated carbocycles. The topological polar surface area (TPSA) is 49.1 Å². The van der Waals surface area contributed by atoms with Crippen molar-refractivity contribution in [2.24, 2.45) is 0 Å². The van der Waals surface area contributed by atoms with Gasteiger partial charge in [0, 0.05) is 87.6 Å². The zero-order valence-corrected chi connectivity index (χ0v) is 79.2. The van der Waals surface area contributed by atoms with E-state index in [1.807, 2.05) is 0 Å². The third-order valence-corrected chi connectivity index (χ3v) is 30.1. The van der Waals surface area contributed by atoms with Gasteiger partial charge in [-0.15, -0.1) is 0 Å². The van der Waals surface area contributed by atoms with Crippen LogP contribution in [-0.2, 0) is 16.2 Å². The molecule has 0 atom stereocenters. The first-order valence-electron chi connectivity index (χ1n) is 48.9. The average Bonchev–Trinajstić information content (AvgIpc) is 1.56. The lowest BCUT2D eigenvalue weighted by Crippen LogP contribution is -2.17. The Balaban J connectivity index is 0.000000109. The number of anilines is 9. The first-order valence-corrected chi connectivity index (χ1v) is 48.9. The van der Waals surface area contributed by atoms with Gasteiger partial charge in [0.25, 0.3) is 0 Å². The van der Waals surface area contributed by atoms with Crippen molar-refractivity contribution in [1.29, 1.82) is 0 Å². The van der Waals surface area contributed by atoms with Crippen molar-refractivity contribution in [2.75, 3.05) is 14.7 Å². The SMILES string of the molecule is CC1(C)c2ccccc2-c2c(N(c3ccccc3-c3ccccc3)c3cc4ccccc4c4c3oc3ccccc34)cccc21.CC1(C)c2ccccc2-c2c(N(c3ccccc3-c3ccccc3)c3cccc4c3oc3c(-c5ccccc5)cc5ccccc5c34)cccc21.CC1(C)c2ccccc2-c2ccc(N(c3ccccc3-c3ccccc3)c3cc4ccccc4c4c3oc3ccccc34)cc21. The van der Waals surface area contributed by atoms with Crippen LogP contribution in [0, 0.1) is 0 Å². The highest BCUT2D eigenvalue weighted by Gasteiger charge is 2.42. The Hall–Kier alpha value is -17.6. The number of furan rings is 3. The summed E-state index contributed by atoms with van der Waals surface area (Å²) >= 11 is 0. The van der Waals surface area contributed by atoms with Gasteiger partial charge in [0.1, 0.15) is 16.7 Å². The van der Waals surface area contributed by atoms with Crippen LogP contribution >= 0.6 is 0 Å². The molecule has 0 amide bonds. The van der Waals surface area contributed by atoms with E-state index < -0.39 is 0 Å². The summed E-state index contributed by atoms with van der Waals surface area (Å²) in [6, 6.07) is 173. The number of fused-ring (bicyclic) bond motifs is 24. The lowest BCUT2D eigenvalue weighted by molar-refractivity contribution is 0.660. The van der Waals surface area contributed by atoms with Crippen molar-refractivity contribution in [2.45, 2.75) is 57.8 Å². The van der Waals surface area contributed by atoms with Crippen molar-refractivity contribution in [3.8, 4) is 77.9 Å². The molecule has 3 aliphatic rings. The largest absolute Gasteiger partial charge is 0.454 e. The van der Waals surface area contributed by atoms with Crippen molar-refractivity contribution in [3.05, 3.63) is 513 Å². The second-order valence-electron chi connectivity index (χ2n) is 39.1. The molecule has 0 aliphatic heterocycles. The van der Waals surface area contributed by atoms with Crippen molar-refractivity contribution >= 4 is 149 Å². The summed E-state index contributed by atoms with van der Waals surface area (Å²) in [4.78, 5) is 7.32. The molecule has 141 heavy (non-hydrogen) atoms. The first kappa shape index (κ1) is 84.0. The molecule has 0 unspecified atom stereocenters. The Kier molecular flexibility index (Phi) is 19.9. The highest BCUT2D eigenvalue weighted by Crippen LogP contribution is 2.61. The van der Waals surface area contributed by atoms with E-state index in [9.17, 15) is 0 Å². The molecule has 3 aromatic heterocycles. The van der Waals surface area contributed by atoms with Crippen LogP contribution in [0.25, 0.3) is 176 Å². The molecule has 25 aromatic rings. The quantitative estimate of drug-likeness (QED) is 0.115. The van der Waals surface area contributed by atoms with Crippen LogP contribution in [0.3, 0.4) is 0 Å². The van der Waals surface area contributed by atoms with Gasteiger partial charge in [-0.3, -0.25) is 0 Å². The third-order valence-electron chi connectivity index (χ3n) is 30.1. The monoisotopic (exact) mass is 1810 g/mol. The van der Waals surface area contributed by atoms with Crippen molar-refractivity contribution in [1.82, 2.24) is 0 Å². The van der Waals surface area contributed by atoms with Gasteiger partial charge >= 0.3 is 0 Å². The van der Waals surface area contributed by atoms with Crippen molar-refractivity contribution in [3.63, 3.8) is 0 Å². The number of rotatable bonds is 13. The highest BCUT2D eigenvalue weighted by atomic mass is 16.3. The minimum atomic E-state index is -0.137. The van der Waals surface area contributed by atoms with Gasteiger partial charge in [-0.25, -0.2) is 0 Å². The predicted molar refractivity (Wildman–Crippen MR) is 592 cm³/mol. The summed E-state index contributed by atoms with van der Waals surface area (Å²) in [5, 5.41) is 14.0. The standard InChI is InChI=1S/C49H35NO.2C43H31NO/c1-49(2)40-26-13-11-24-37(40)46-41(49)27-16-29-43(46)50(42-28-14-12-22-35(42)32-17-5-3-6-18-32)44-30-15-25-38-45-36-23-10-9-21-34(36)31-39(48(45)51-47(38)44)33-19-7-4-8-20-33;1-43(2)34-22-11-8-20-32(34)41-35(43)23-14-25-37(41)44(36-24-12-9-18-30(36)28-15-4-3-5-16-28)38-27-29-17-6-7-19-31(29)40-33-21-10-13-26-39(33)45-42(38)40;1-43(2)36-21-11-8-19-33(36)34-25-24-30(27-37(34)43)44(38-22-12-9-17-31(38)28-14-4-3-5-15-28)39-26-29-16-6-7-18-32(29)41-35-20-10-13-23-40(35)45-42(39)41/h3-31H,1-2H3;2*3-27H,1-2H3. The molecular weight excluding hydrogens is 1710 g/mol. The van der Waals surface area contributed by atoms with E-state index in [0.717, 1.165) is 134 Å². The molecule has 0 N–H and O–H groups in total. The molecule has 3 aliphatic carbocycles. The second-order valence-corrected chi connectivity index (χ2v) is 39.1. The van der Waals surface area contributed by atoms with Crippen LogP contribution < -0.4 is 14.7 Å². The van der Waals surface area contributed by atoms with E-state index in [2.05, 4.69) is 535 Å². The molecule has 28 rings (SSSR count). The predicted octanol–water partition coefficient (Wildman–Crippen LogP) is 38.2. The Morgan fingerprint density at radius 1 is 0.170 bits per heavy atom. The third kappa shape index (κ3) is 13.5. The maximum absolute atomic E-state index is 7.23. The molecule has 6 nitrogen and oxygen atoms in total. The summed E-state index contributed by atoms with van der Waals surface area (Å²) in [5.41, 5.74) is 39.8. The van der Waals surface area contributed by atoms with E-state index in [1.54, 1.807) is 0 Å². The fraction of sp³-hybridized carbons (Fsp3) is 0.0667. The van der Waals surface area contributed by atoms with Gasteiger partial charge in [0.15, 0.2) is 16.7 Å². The number of nitrogens with zero attached hydrogens (tertiary/aromatic N) is 3. The fourth-order valence-corrected chi connectivity index (χ4v) is 23.5. The zero-order valence-electron chi connectivity index (χ0n) is 79.2. The van der Waals surface area contributed by atoms with E-state index in [0.29, 0.717) is 0 Å². The van der Waals surface area contributed by atoms with Gasteiger partial charge in [-0.1, -0.05) is 442 Å². The maximum Gasteiger partial charge on any atom is 0.160 e. The van der Waals surface area contributed by atoms with Crippen LogP contribution in [-0.4, -0.2) is 0 Å². The van der Waals surface area contributed by atoms with Crippen LogP contribution in [0.2, 0.25) is 0 Å². The minimum Gasteiger partial charge on any atom is -0.454 e. The lowest BCUT2D eigenvalue weighted by atomic mass is 9.82. The molecule has 0 bridgehead atoms. The molecular formula is C135H97N3O3. The minimum absolute atomic E-state index is 0.120. The Morgan fingerprint density at radius 3 is 0.943 bits per heavy atom. The smallest absolute Gasteiger partial charge is 0.160 e. The van der Waals surface area contributed by atoms with Gasteiger partial charge in [-0.2, -0.15) is 0 Å². The van der Waals surface area contributed by atoms with Gasteiger partial charge < -0.3 is 28.0 Å². The number of para-hydroxylation sites is 6. The Bertz CT molecular complexity index is 9290. The Labute approximate surface area is 819 Å². The maximum atomic E-state index is 7.23. The molecule has 3 heterocycles. The molecule has 0 fully saturated rings. The fourth-order valence-electron chi connectivity index (χ4n) is 23.5. The number of hydrogen-bond donors (Lipinski definition) is 0. The van der Waals surface area contributed by atoms with Gasteiger partial charge in [-0.05, 0) is 189 Å². The summed E-state index contributed by atoms with van der Waals surface area (Å²) in [6.45, 7) is 14.1. The van der Waals surface area contributed by atoms with E-state index in [4.69, 9.17) is 13.3 Å². The molecule has 0 spiro atoms. The first-order chi connectivity index (χ1) is 69.3. The van der Waals surface area contributed by atoms with Crippen LogP contribution in [0.4, 0.5) is 51.2 Å². The highest BCUT2D eigenvalue weighted by molar-refractivity contribution is 6.27. The molecule has 670 valence electrons.